The van der Waals surface area contributed by atoms with Gasteiger partial charge in [0.1, 0.15) is 18.1 Å². The predicted octanol–water partition coefficient (Wildman–Crippen LogP) is 2.76. The quantitative estimate of drug-likeness (QED) is 0.878. The van der Waals surface area contributed by atoms with Crippen molar-refractivity contribution >= 4 is 5.91 Å². The lowest BCUT2D eigenvalue weighted by Gasteiger charge is -2.08. The molecule has 2 aromatic carbocycles. The third-order valence-corrected chi connectivity index (χ3v) is 2.78. The Morgan fingerprint density at radius 3 is 2.00 bits per heavy atom. The lowest BCUT2D eigenvalue weighted by Crippen LogP contribution is -2.10. The Balaban J connectivity index is 1.92. The highest BCUT2D eigenvalue weighted by Crippen LogP contribution is 2.18. The van der Waals surface area contributed by atoms with Gasteiger partial charge in [0, 0.05) is 5.56 Å². The van der Waals surface area contributed by atoms with E-state index in [-0.39, 0.29) is 0 Å². The third-order valence-electron chi connectivity index (χ3n) is 2.78. The lowest BCUT2D eigenvalue weighted by molar-refractivity contribution is 0.1000. The minimum absolute atomic E-state index is 0.427. The Bertz CT molecular complexity index is 561. The average Bonchev–Trinajstić information content (AvgIpc) is 2.47. The fraction of sp³-hybridized carbons (Fsp3) is 0.188. The van der Waals surface area contributed by atoms with Crippen molar-refractivity contribution in [3.8, 4) is 11.5 Å². The second kappa shape index (κ2) is 6.61. The van der Waals surface area contributed by atoms with E-state index in [1.54, 1.807) is 12.1 Å². The van der Waals surface area contributed by atoms with E-state index in [1.165, 1.54) is 0 Å². The van der Waals surface area contributed by atoms with Crippen LogP contribution in [0.3, 0.4) is 0 Å². The third kappa shape index (κ3) is 3.75. The predicted molar refractivity (Wildman–Crippen MR) is 76.9 cm³/mol. The molecule has 20 heavy (non-hydrogen) atoms. The number of amides is 1. The van der Waals surface area contributed by atoms with E-state index in [0.29, 0.717) is 18.8 Å². The van der Waals surface area contributed by atoms with E-state index in [1.807, 2.05) is 43.3 Å². The highest BCUT2D eigenvalue weighted by atomic mass is 16.5. The van der Waals surface area contributed by atoms with Crippen molar-refractivity contribution in [2.45, 2.75) is 13.5 Å². The molecule has 0 saturated heterocycles. The monoisotopic (exact) mass is 271 g/mol. The molecule has 0 saturated carbocycles. The van der Waals surface area contributed by atoms with Gasteiger partial charge in [-0.2, -0.15) is 0 Å². The van der Waals surface area contributed by atoms with Gasteiger partial charge in [-0.15, -0.1) is 0 Å². The highest BCUT2D eigenvalue weighted by Gasteiger charge is 2.01. The van der Waals surface area contributed by atoms with Gasteiger partial charge in [-0.3, -0.25) is 4.79 Å². The second-order valence-electron chi connectivity index (χ2n) is 4.25. The topological polar surface area (TPSA) is 61.6 Å². The number of carbonyl (C=O) groups excluding carboxylic acids is 1. The van der Waals surface area contributed by atoms with Gasteiger partial charge in [0.25, 0.3) is 0 Å². The van der Waals surface area contributed by atoms with Crippen LogP contribution in [0.4, 0.5) is 0 Å². The molecule has 104 valence electrons. The van der Waals surface area contributed by atoms with Crippen LogP contribution in [0.25, 0.3) is 0 Å². The SMILES string of the molecule is CCOc1ccc(OCc2ccc(C(N)=O)cc2)cc1. The molecular weight excluding hydrogens is 254 g/mol. The maximum absolute atomic E-state index is 11.0. The van der Waals surface area contributed by atoms with Crippen LogP contribution in [-0.4, -0.2) is 12.5 Å². The number of nitrogens with two attached hydrogens (primary N) is 1. The molecule has 0 spiro atoms. The first kappa shape index (κ1) is 13.9. The number of carbonyl (C=O) groups is 1. The first-order valence-corrected chi connectivity index (χ1v) is 6.43. The molecule has 0 bridgehead atoms. The Hall–Kier alpha value is -2.49. The standard InChI is InChI=1S/C16H17NO3/c1-2-19-14-7-9-15(10-8-14)20-11-12-3-5-13(6-4-12)16(17)18/h3-10H,2,11H2,1H3,(H2,17,18). The number of ether oxygens (including phenoxy) is 2. The summed E-state index contributed by atoms with van der Waals surface area (Å²) in [6.07, 6.45) is 0. The molecule has 1 amide bonds. The Morgan fingerprint density at radius 1 is 0.950 bits per heavy atom. The summed E-state index contributed by atoms with van der Waals surface area (Å²) in [6.45, 7) is 3.03. The van der Waals surface area contributed by atoms with Crippen molar-refractivity contribution in [2.75, 3.05) is 6.61 Å². The summed E-state index contributed by atoms with van der Waals surface area (Å²) in [5.74, 6) is 1.17. The van der Waals surface area contributed by atoms with Gasteiger partial charge in [-0.1, -0.05) is 12.1 Å². The normalized spacial score (nSPS) is 10.1. The number of rotatable bonds is 6. The Labute approximate surface area is 118 Å². The summed E-state index contributed by atoms with van der Waals surface area (Å²) in [6, 6.07) is 14.5. The van der Waals surface area contributed by atoms with E-state index in [4.69, 9.17) is 15.2 Å². The van der Waals surface area contributed by atoms with Gasteiger partial charge in [0.05, 0.1) is 6.61 Å². The molecule has 0 radical (unpaired) electrons. The molecule has 4 heteroatoms. The minimum atomic E-state index is -0.427. The van der Waals surface area contributed by atoms with Crippen molar-refractivity contribution in [3.63, 3.8) is 0 Å². The van der Waals surface area contributed by atoms with E-state index in [2.05, 4.69) is 0 Å². The zero-order valence-corrected chi connectivity index (χ0v) is 11.3. The van der Waals surface area contributed by atoms with Crippen molar-refractivity contribution in [3.05, 3.63) is 59.7 Å². The van der Waals surface area contributed by atoms with Crippen molar-refractivity contribution in [1.82, 2.24) is 0 Å². The molecular formula is C16H17NO3. The first-order chi connectivity index (χ1) is 9.69. The molecule has 0 fully saturated rings. The van der Waals surface area contributed by atoms with E-state index in [0.717, 1.165) is 17.1 Å². The summed E-state index contributed by atoms with van der Waals surface area (Å²) >= 11 is 0. The summed E-state index contributed by atoms with van der Waals surface area (Å²) in [5.41, 5.74) is 6.66. The Kier molecular flexibility index (Phi) is 4.60. The van der Waals surface area contributed by atoms with Crippen LogP contribution in [0.15, 0.2) is 48.5 Å². The lowest BCUT2D eigenvalue weighted by atomic mass is 10.1. The molecule has 2 aromatic rings. The van der Waals surface area contributed by atoms with Gasteiger partial charge in [-0.25, -0.2) is 0 Å². The van der Waals surface area contributed by atoms with Crippen LogP contribution in [0.5, 0.6) is 11.5 Å². The zero-order chi connectivity index (χ0) is 14.4. The second-order valence-corrected chi connectivity index (χ2v) is 4.25. The van der Waals surface area contributed by atoms with Crippen LogP contribution in [0.1, 0.15) is 22.8 Å². The van der Waals surface area contributed by atoms with Crippen LogP contribution in [0.2, 0.25) is 0 Å². The molecule has 2 N–H and O–H groups in total. The summed E-state index contributed by atoms with van der Waals surface area (Å²) in [5, 5.41) is 0. The number of primary amides is 1. The van der Waals surface area contributed by atoms with Gasteiger partial charge in [0.2, 0.25) is 5.91 Å². The molecule has 0 unspecified atom stereocenters. The molecule has 0 aliphatic carbocycles. The fourth-order valence-electron chi connectivity index (χ4n) is 1.73. The molecule has 0 aliphatic rings. The Morgan fingerprint density at radius 2 is 1.50 bits per heavy atom. The number of hydrogen-bond acceptors (Lipinski definition) is 3. The maximum Gasteiger partial charge on any atom is 0.248 e. The van der Waals surface area contributed by atoms with Gasteiger partial charge < -0.3 is 15.2 Å². The van der Waals surface area contributed by atoms with E-state index < -0.39 is 5.91 Å². The molecule has 0 aromatic heterocycles. The van der Waals surface area contributed by atoms with Crippen LogP contribution in [-0.2, 0) is 6.61 Å². The fourth-order valence-corrected chi connectivity index (χ4v) is 1.73. The van der Waals surface area contributed by atoms with Crippen molar-refractivity contribution < 1.29 is 14.3 Å². The van der Waals surface area contributed by atoms with Gasteiger partial charge in [0.15, 0.2) is 0 Å². The van der Waals surface area contributed by atoms with Gasteiger partial charge in [-0.05, 0) is 48.9 Å². The molecule has 0 atom stereocenters. The van der Waals surface area contributed by atoms with E-state index >= 15 is 0 Å². The molecule has 2 rings (SSSR count). The summed E-state index contributed by atoms with van der Waals surface area (Å²) in [4.78, 5) is 11.0. The summed E-state index contributed by atoms with van der Waals surface area (Å²) in [7, 11) is 0. The largest absolute Gasteiger partial charge is 0.494 e. The van der Waals surface area contributed by atoms with Crippen molar-refractivity contribution in [1.29, 1.82) is 0 Å². The first-order valence-electron chi connectivity index (χ1n) is 6.43. The molecule has 4 nitrogen and oxygen atoms in total. The maximum atomic E-state index is 11.0. The number of benzene rings is 2. The smallest absolute Gasteiger partial charge is 0.248 e. The molecule has 0 aliphatic heterocycles. The molecule has 0 heterocycles. The van der Waals surface area contributed by atoms with Gasteiger partial charge >= 0.3 is 0 Å². The summed E-state index contributed by atoms with van der Waals surface area (Å²) < 4.78 is 11.0. The van der Waals surface area contributed by atoms with Crippen LogP contribution in [0, 0.1) is 0 Å². The average molecular weight is 271 g/mol. The number of hydrogen-bond donors (Lipinski definition) is 1. The van der Waals surface area contributed by atoms with E-state index in [9.17, 15) is 4.79 Å². The van der Waals surface area contributed by atoms with Crippen LogP contribution < -0.4 is 15.2 Å². The zero-order valence-electron chi connectivity index (χ0n) is 11.3. The minimum Gasteiger partial charge on any atom is -0.494 e. The van der Waals surface area contributed by atoms with Crippen molar-refractivity contribution in [2.24, 2.45) is 5.73 Å². The van der Waals surface area contributed by atoms with Crippen LogP contribution >= 0.6 is 0 Å². The highest BCUT2D eigenvalue weighted by molar-refractivity contribution is 5.92.